The molecule has 0 radical (unpaired) electrons. The number of alkyl halides is 2. The van der Waals surface area contributed by atoms with Gasteiger partial charge in [-0.25, -0.2) is 0 Å². The van der Waals surface area contributed by atoms with Crippen LogP contribution in [0.5, 0.6) is 11.5 Å². The van der Waals surface area contributed by atoms with Gasteiger partial charge >= 0.3 is 6.61 Å². The molecule has 0 unspecified atom stereocenters. The zero-order valence-corrected chi connectivity index (χ0v) is 15.1. The van der Waals surface area contributed by atoms with Gasteiger partial charge in [-0.1, -0.05) is 12.1 Å². The molecule has 0 saturated heterocycles. The molecule has 1 N–H and O–H groups in total. The van der Waals surface area contributed by atoms with Crippen LogP contribution < -0.4 is 14.8 Å². The molecule has 1 aliphatic carbocycles. The highest BCUT2D eigenvalue weighted by atomic mass is 32.1. The van der Waals surface area contributed by atoms with Gasteiger partial charge < -0.3 is 14.8 Å². The number of hydrogen-bond donors (Lipinski definition) is 1. The number of amides is 1. The summed E-state index contributed by atoms with van der Waals surface area (Å²) in [5, 5.41) is 4.29. The molecular formula is C19H21F2NO3S. The summed E-state index contributed by atoms with van der Waals surface area (Å²) in [5.74, 6) is 0.379. The monoisotopic (exact) mass is 381 g/mol. The van der Waals surface area contributed by atoms with E-state index in [0.29, 0.717) is 19.1 Å². The molecule has 7 heteroatoms. The third-order valence-corrected chi connectivity index (χ3v) is 5.17. The molecule has 0 atom stereocenters. The highest BCUT2D eigenvalue weighted by molar-refractivity contribution is 7.12. The molecule has 1 aromatic heterocycles. The van der Waals surface area contributed by atoms with Crippen molar-refractivity contribution in [3.8, 4) is 11.5 Å². The van der Waals surface area contributed by atoms with Crippen LogP contribution >= 0.6 is 11.3 Å². The summed E-state index contributed by atoms with van der Waals surface area (Å²) in [6.45, 7) is -2.53. The molecule has 1 amide bonds. The fourth-order valence-corrected chi connectivity index (χ4v) is 3.73. The van der Waals surface area contributed by atoms with E-state index in [1.54, 1.807) is 5.38 Å². The van der Waals surface area contributed by atoms with Crippen LogP contribution in [0.3, 0.4) is 0 Å². The minimum Gasteiger partial charge on any atom is -0.490 e. The number of hydrogen-bond acceptors (Lipinski definition) is 4. The molecule has 0 spiro atoms. The van der Waals surface area contributed by atoms with Crippen molar-refractivity contribution in [2.75, 3.05) is 6.54 Å². The van der Waals surface area contributed by atoms with E-state index < -0.39 is 12.5 Å². The molecule has 140 valence electrons. The van der Waals surface area contributed by atoms with Crippen LogP contribution in [0, 0.1) is 0 Å². The van der Waals surface area contributed by atoms with Crippen molar-refractivity contribution >= 4 is 17.2 Å². The van der Waals surface area contributed by atoms with E-state index in [9.17, 15) is 13.6 Å². The first kappa shape index (κ1) is 18.6. The number of nitrogens with one attached hydrogen (secondary N) is 1. The van der Waals surface area contributed by atoms with Crippen LogP contribution in [-0.2, 0) is 6.42 Å². The average Bonchev–Trinajstić information content (AvgIpc) is 3.28. The van der Waals surface area contributed by atoms with E-state index in [-0.39, 0.29) is 10.6 Å². The second-order valence-corrected chi connectivity index (χ2v) is 7.08. The van der Waals surface area contributed by atoms with Crippen LogP contribution in [0.1, 0.15) is 40.9 Å². The predicted octanol–water partition coefficient (Wildman–Crippen LogP) is 4.64. The third-order valence-electron chi connectivity index (χ3n) is 4.28. The second kappa shape index (κ2) is 8.98. The van der Waals surface area contributed by atoms with E-state index in [1.807, 2.05) is 24.3 Å². The van der Waals surface area contributed by atoms with Crippen LogP contribution in [0.15, 0.2) is 35.7 Å². The summed E-state index contributed by atoms with van der Waals surface area (Å²) < 4.78 is 34.9. The molecule has 2 aromatic rings. The minimum atomic E-state index is -2.94. The molecule has 4 nitrogen and oxygen atoms in total. The summed E-state index contributed by atoms with van der Waals surface area (Å²) in [4.78, 5) is 12.3. The van der Waals surface area contributed by atoms with Gasteiger partial charge in [0.25, 0.3) is 5.91 Å². The van der Waals surface area contributed by atoms with Crippen molar-refractivity contribution in [3.63, 3.8) is 0 Å². The first-order valence-electron chi connectivity index (χ1n) is 8.68. The lowest BCUT2D eigenvalue weighted by molar-refractivity contribution is -0.0498. The Labute approximate surface area is 155 Å². The number of thiophene rings is 1. The number of rotatable bonds is 8. The van der Waals surface area contributed by atoms with Crippen molar-refractivity contribution in [3.05, 3.63) is 46.2 Å². The SMILES string of the molecule is O=C(NCCc1ccc(OC2CCCC2)cc1)c1sccc1OC(F)F. The Hall–Kier alpha value is -2.15. The molecule has 3 rings (SSSR count). The van der Waals surface area contributed by atoms with Crippen molar-refractivity contribution in [2.45, 2.75) is 44.8 Å². The number of carbonyl (C=O) groups is 1. The van der Waals surface area contributed by atoms with Crippen LogP contribution in [-0.4, -0.2) is 25.2 Å². The van der Waals surface area contributed by atoms with E-state index in [2.05, 4.69) is 10.1 Å². The minimum absolute atomic E-state index is 0.0871. The van der Waals surface area contributed by atoms with E-state index >= 15 is 0 Å². The van der Waals surface area contributed by atoms with Gasteiger partial charge in [-0.3, -0.25) is 4.79 Å². The summed E-state index contributed by atoms with van der Waals surface area (Å²) in [7, 11) is 0. The lowest BCUT2D eigenvalue weighted by atomic mass is 10.1. The fourth-order valence-electron chi connectivity index (χ4n) is 2.99. The number of carbonyl (C=O) groups excluding carboxylic acids is 1. The molecule has 1 aliphatic rings. The Bertz CT molecular complexity index is 712. The zero-order chi connectivity index (χ0) is 18.4. The largest absolute Gasteiger partial charge is 0.490 e. The van der Waals surface area contributed by atoms with Gasteiger partial charge in [0, 0.05) is 6.54 Å². The quantitative estimate of drug-likeness (QED) is 0.724. The molecule has 26 heavy (non-hydrogen) atoms. The van der Waals surface area contributed by atoms with Crippen LogP contribution in [0.2, 0.25) is 0 Å². The maximum Gasteiger partial charge on any atom is 0.387 e. The normalized spacial score (nSPS) is 14.6. The van der Waals surface area contributed by atoms with Gasteiger partial charge in [0.2, 0.25) is 0 Å². The van der Waals surface area contributed by atoms with Crippen LogP contribution in [0.4, 0.5) is 8.78 Å². The van der Waals surface area contributed by atoms with E-state index in [1.165, 1.54) is 18.9 Å². The third kappa shape index (κ3) is 5.17. The number of ether oxygens (including phenoxy) is 2. The van der Waals surface area contributed by atoms with Crippen molar-refractivity contribution in [2.24, 2.45) is 0 Å². The van der Waals surface area contributed by atoms with E-state index in [4.69, 9.17) is 4.74 Å². The molecule has 1 saturated carbocycles. The Morgan fingerprint density at radius 1 is 1.19 bits per heavy atom. The van der Waals surface area contributed by atoms with E-state index in [0.717, 1.165) is 35.5 Å². The summed E-state index contributed by atoms with van der Waals surface area (Å²) in [5.41, 5.74) is 1.07. The Balaban J connectivity index is 1.45. The van der Waals surface area contributed by atoms with Crippen molar-refractivity contribution in [1.29, 1.82) is 0 Å². The standard InChI is InChI=1S/C19H21F2NO3S/c20-19(21)25-16-10-12-26-17(16)18(23)22-11-9-13-5-7-15(8-6-13)24-14-3-1-2-4-14/h5-8,10,12,14,19H,1-4,9,11H2,(H,22,23). The smallest absolute Gasteiger partial charge is 0.387 e. The van der Waals surface area contributed by atoms with Crippen LogP contribution in [0.25, 0.3) is 0 Å². The lowest BCUT2D eigenvalue weighted by Gasteiger charge is -2.13. The summed E-state index contributed by atoms with van der Waals surface area (Å²) in [6.07, 6.45) is 5.68. The summed E-state index contributed by atoms with van der Waals surface area (Å²) in [6, 6.07) is 9.22. The maximum atomic E-state index is 12.3. The molecule has 0 aliphatic heterocycles. The Morgan fingerprint density at radius 2 is 1.92 bits per heavy atom. The molecule has 1 fully saturated rings. The van der Waals surface area contributed by atoms with Gasteiger partial charge in [-0.2, -0.15) is 8.78 Å². The molecule has 1 aromatic carbocycles. The predicted molar refractivity (Wildman–Crippen MR) is 96.3 cm³/mol. The highest BCUT2D eigenvalue weighted by Crippen LogP contribution is 2.26. The van der Waals surface area contributed by atoms with Crippen molar-refractivity contribution < 1.29 is 23.0 Å². The first-order valence-corrected chi connectivity index (χ1v) is 9.56. The lowest BCUT2D eigenvalue weighted by Crippen LogP contribution is -2.25. The zero-order valence-electron chi connectivity index (χ0n) is 14.3. The number of benzene rings is 1. The Morgan fingerprint density at radius 3 is 2.62 bits per heavy atom. The topological polar surface area (TPSA) is 47.6 Å². The van der Waals surface area contributed by atoms with Gasteiger partial charge in [-0.15, -0.1) is 11.3 Å². The highest BCUT2D eigenvalue weighted by Gasteiger charge is 2.17. The number of halogens is 2. The first-order chi connectivity index (χ1) is 12.6. The Kier molecular flexibility index (Phi) is 6.44. The van der Waals surface area contributed by atoms with Gasteiger partial charge in [0.15, 0.2) is 0 Å². The molecular weight excluding hydrogens is 360 g/mol. The fraction of sp³-hybridized carbons (Fsp3) is 0.421. The maximum absolute atomic E-state index is 12.3. The van der Waals surface area contributed by atoms with Gasteiger partial charge in [-0.05, 0) is 61.2 Å². The van der Waals surface area contributed by atoms with Gasteiger partial charge in [0.1, 0.15) is 16.4 Å². The molecule has 1 heterocycles. The second-order valence-electron chi connectivity index (χ2n) is 6.17. The molecule has 0 bridgehead atoms. The van der Waals surface area contributed by atoms with Gasteiger partial charge in [0.05, 0.1) is 6.10 Å². The average molecular weight is 381 g/mol. The van der Waals surface area contributed by atoms with Crippen molar-refractivity contribution in [1.82, 2.24) is 5.32 Å². The summed E-state index contributed by atoms with van der Waals surface area (Å²) >= 11 is 1.08.